The second-order valence-electron chi connectivity index (χ2n) is 4.61. The van der Waals surface area contributed by atoms with Crippen molar-refractivity contribution in [3.8, 4) is 0 Å². The molecule has 3 N–H and O–H groups in total. The van der Waals surface area contributed by atoms with E-state index in [4.69, 9.17) is 10.8 Å². The monoisotopic (exact) mass is 373 g/mol. The largest absolute Gasteiger partial charge is 0.480 e. The summed E-state index contributed by atoms with van der Waals surface area (Å²) in [5.41, 5.74) is 5.29. The van der Waals surface area contributed by atoms with E-state index >= 15 is 0 Å². The number of nitrogens with two attached hydrogens (primary N) is 1. The molecule has 0 spiro atoms. The first kappa shape index (κ1) is 19.5. The zero-order valence-electron chi connectivity index (χ0n) is 12.0. The van der Waals surface area contributed by atoms with E-state index in [0.29, 0.717) is 0 Å². The van der Waals surface area contributed by atoms with Crippen LogP contribution in [0.15, 0.2) is 69.3 Å². The van der Waals surface area contributed by atoms with Crippen LogP contribution in [-0.2, 0) is 14.6 Å². The van der Waals surface area contributed by atoms with Gasteiger partial charge in [0.1, 0.15) is 6.04 Å². The van der Waals surface area contributed by atoms with Crippen LogP contribution >= 0.6 is 24.2 Å². The van der Waals surface area contributed by atoms with Gasteiger partial charge in [-0.1, -0.05) is 30.0 Å². The van der Waals surface area contributed by atoms with Crippen molar-refractivity contribution in [2.45, 2.75) is 20.7 Å². The molecule has 2 rings (SSSR count). The highest BCUT2D eigenvalue weighted by molar-refractivity contribution is 7.99. The first-order valence-corrected chi connectivity index (χ1v) is 8.89. The van der Waals surface area contributed by atoms with Crippen LogP contribution < -0.4 is 5.73 Å². The number of benzene rings is 2. The predicted octanol–water partition coefficient (Wildman–Crippen LogP) is 2.45. The minimum atomic E-state index is -3.71. The average molecular weight is 374 g/mol. The van der Waals surface area contributed by atoms with E-state index in [1.807, 2.05) is 30.3 Å². The van der Waals surface area contributed by atoms with Crippen LogP contribution in [0.3, 0.4) is 0 Å². The Labute approximate surface area is 145 Å². The van der Waals surface area contributed by atoms with Gasteiger partial charge in [0.15, 0.2) is 9.84 Å². The Balaban J connectivity index is 0.00000264. The second-order valence-corrected chi connectivity index (χ2v) is 7.79. The van der Waals surface area contributed by atoms with Gasteiger partial charge >= 0.3 is 5.97 Å². The molecule has 0 saturated heterocycles. The maximum atomic E-state index is 12.1. The first-order valence-electron chi connectivity index (χ1n) is 6.42. The lowest BCUT2D eigenvalue weighted by Crippen LogP contribution is -2.37. The number of hydrogen-bond donors (Lipinski definition) is 2. The SMILES string of the molecule is Cl.NC(CS(=O)(=O)c1ccc(Sc2ccccc2)cc1)C(=O)O. The summed E-state index contributed by atoms with van der Waals surface area (Å²) >= 11 is 1.51. The molecule has 0 radical (unpaired) electrons. The van der Waals surface area contributed by atoms with Gasteiger partial charge in [-0.05, 0) is 36.4 Å². The molecule has 1 atom stereocenters. The molecule has 0 fully saturated rings. The number of carbonyl (C=O) groups is 1. The normalized spacial score (nSPS) is 12.2. The van der Waals surface area contributed by atoms with E-state index in [0.717, 1.165) is 9.79 Å². The van der Waals surface area contributed by atoms with Crippen LogP contribution in [0.2, 0.25) is 0 Å². The van der Waals surface area contributed by atoms with Crippen molar-refractivity contribution >= 4 is 40.0 Å². The minimum Gasteiger partial charge on any atom is -0.480 e. The maximum Gasteiger partial charge on any atom is 0.321 e. The van der Waals surface area contributed by atoms with Crippen LogP contribution in [0.25, 0.3) is 0 Å². The molecule has 0 aliphatic rings. The molecule has 0 bridgehead atoms. The number of carboxylic acid groups (broad SMARTS) is 1. The Hall–Kier alpha value is -1.54. The van der Waals surface area contributed by atoms with Gasteiger partial charge in [-0.25, -0.2) is 8.42 Å². The topological polar surface area (TPSA) is 97.5 Å². The fourth-order valence-corrected chi connectivity index (χ4v) is 3.94. The van der Waals surface area contributed by atoms with Crippen molar-refractivity contribution in [1.29, 1.82) is 0 Å². The van der Waals surface area contributed by atoms with Gasteiger partial charge in [0.2, 0.25) is 0 Å². The molecule has 0 heterocycles. The third-order valence-electron chi connectivity index (χ3n) is 2.88. The Bertz CT molecular complexity index is 749. The molecule has 0 aliphatic heterocycles. The molecule has 1 unspecified atom stereocenters. The van der Waals surface area contributed by atoms with Gasteiger partial charge in [0.05, 0.1) is 10.6 Å². The van der Waals surface area contributed by atoms with Crippen LogP contribution in [0, 0.1) is 0 Å². The Morgan fingerprint density at radius 2 is 1.57 bits per heavy atom. The number of rotatable bonds is 6. The lowest BCUT2D eigenvalue weighted by Gasteiger charge is -2.08. The second kappa shape index (κ2) is 8.35. The molecular weight excluding hydrogens is 358 g/mol. The highest BCUT2D eigenvalue weighted by atomic mass is 35.5. The summed E-state index contributed by atoms with van der Waals surface area (Å²) in [7, 11) is -3.71. The number of carboxylic acids is 1. The van der Waals surface area contributed by atoms with Gasteiger partial charge < -0.3 is 10.8 Å². The lowest BCUT2D eigenvalue weighted by molar-refractivity contribution is -0.137. The third-order valence-corrected chi connectivity index (χ3v) is 5.68. The van der Waals surface area contributed by atoms with E-state index in [2.05, 4.69) is 0 Å². The standard InChI is InChI=1S/C15H15NO4S2.ClH/c16-14(15(17)18)10-22(19,20)13-8-6-12(7-9-13)21-11-4-2-1-3-5-11;/h1-9,14H,10,16H2,(H,17,18);1H. The summed E-state index contributed by atoms with van der Waals surface area (Å²) in [6, 6.07) is 14.6. The zero-order chi connectivity index (χ0) is 16.2. The highest BCUT2D eigenvalue weighted by Crippen LogP contribution is 2.28. The van der Waals surface area contributed by atoms with Crippen molar-refractivity contribution in [1.82, 2.24) is 0 Å². The average Bonchev–Trinajstić information content (AvgIpc) is 2.48. The molecule has 0 saturated carbocycles. The summed E-state index contributed by atoms with van der Waals surface area (Å²) in [5, 5.41) is 8.71. The van der Waals surface area contributed by atoms with E-state index < -0.39 is 27.6 Å². The third kappa shape index (κ3) is 5.54. The predicted molar refractivity (Wildman–Crippen MR) is 91.9 cm³/mol. The molecule has 2 aromatic rings. The Morgan fingerprint density at radius 1 is 1.04 bits per heavy atom. The van der Waals surface area contributed by atoms with Crippen LogP contribution in [0.5, 0.6) is 0 Å². The zero-order valence-corrected chi connectivity index (χ0v) is 14.4. The van der Waals surface area contributed by atoms with Gasteiger partial charge in [-0.15, -0.1) is 12.4 Å². The minimum absolute atomic E-state index is 0. The maximum absolute atomic E-state index is 12.1. The number of hydrogen-bond acceptors (Lipinski definition) is 5. The van der Waals surface area contributed by atoms with Crippen LogP contribution in [-0.4, -0.2) is 31.3 Å². The van der Waals surface area contributed by atoms with E-state index in [1.54, 1.807) is 12.1 Å². The number of aliphatic carboxylic acids is 1. The highest BCUT2D eigenvalue weighted by Gasteiger charge is 2.23. The van der Waals surface area contributed by atoms with Crippen LogP contribution in [0.4, 0.5) is 0 Å². The fourth-order valence-electron chi connectivity index (χ4n) is 1.74. The molecular formula is C15H16ClNO4S2. The van der Waals surface area contributed by atoms with Crippen molar-refractivity contribution < 1.29 is 18.3 Å². The van der Waals surface area contributed by atoms with Crippen molar-refractivity contribution in [3.63, 3.8) is 0 Å². The molecule has 0 aliphatic carbocycles. The fraction of sp³-hybridized carbons (Fsp3) is 0.133. The van der Waals surface area contributed by atoms with Gasteiger partial charge in [0, 0.05) is 9.79 Å². The van der Waals surface area contributed by atoms with E-state index in [1.165, 1.54) is 23.9 Å². The summed E-state index contributed by atoms with van der Waals surface area (Å²) < 4.78 is 24.1. The summed E-state index contributed by atoms with van der Waals surface area (Å²) in [6.07, 6.45) is 0. The molecule has 124 valence electrons. The molecule has 5 nitrogen and oxygen atoms in total. The molecule has 23 heavy (non-hydrogen) atoms. The summed E-state index contributed by atoms with van der Waals surface area (Å²) in [6.45, 7) is 0. The Kier molecular flexibility index (Phi) is 7.08. The smallest absolute Gasteiger partial charge is 0.321 e. The lowest BCUT2D eigenvalue weighted by atomic mass is 10.4. The van der Waals surface area contributed by atoms with Crippen molar-refractivity contribution in [2.24, 2.45) is 5.73 Å². The van der Waals surface area contributed by atoms with Crippen molar-refractivity contribution in [2.75, 3.05) is 5.75 Å². The summed E-state index contributed by atoms with van der Waals surface area (Å²) in [5.74, 6) is -1.95. The van der Waals surface area contributed by atoms with Gasteiger partial charge in [0.25, 0.3) is 0 Å². The Morgan fingerprint density at radius 3 is 2.09 bits per heavy atom. The number of halogens is 1. The van der Waals surface area contributed by atoms with Crippen molar-refractivity contribution in [3.05, 3.63) is 54.6 Å². The molecule has 0 amide bonds. The first-order chi connectivity index (χ1) is 10.4. The van der Waals surface area contributed by atoms with Gasteiger partial charge in [-0.3, -0.25) is 4.79 Å². The summed E-state index contributed by atoms with van der Waals surface area (Å²) in [4.78, 5) is 12.7. The van der Waals surface area contributed by atoms with Gasteiger partial charge in [-0.2, -0.15) is 0 Å². The molecule has 2 aromatic carbocycles. The molecule has 0 aromatic heterocycles. The van der Waals surface area contributed by atoms with E-state index in [9.17, 15) is 13.2 Å². The quantitative estimate of drug-likeness (QED) is 0.807. The van der Waals surface area contributed by atoms with Crippen LogP contribution in [0.1, 0.15) is 0 Å². The number of sulfone groups is 1. The molecule has 8 heteroatoms. The van der Waals surface area contributed by atoms with E-state index in [-0.39, 0.29) is 17.3 Å².